The van der Waals surface area contributed by atoms with Crippen LogP contribution in [0.3, 0.4) is 0 Å². The predicted octanol–water partition coefficient (Wildman–Crippen LogP) is 8.45. The number of rotatable bonds is 1. The van der Waals surface area contributed by atoms with E-state index in [4.69, 9.17) is 8.83 Å². The number of benzene rings is 5. The van der Waals surface area contributed by atoms with Crippen molar-refractivity contribution in [2.45, 2.75) is 0 Å². The smallest absolute Gasteiger partial charge is 0.149 e. The molecule has 0 aliphatic heterocycles. The number of hydrogen-bond donors (Lipinski definition) is 0. The predicted molar refractivity (Wildman–Crippen MR) is 140 cm³/mol. The highest BCUT2D eigenvalue weighted by Gasteiger charge is 2.26. The van der Waals surface area contributed by atoms with Crippen LogP contribution >= 0.6 is 0 Å². The first kappa shape index (κ1) is 18.4. The summed E-state index contributed by atoms with van der Waals surface area (Å²) in [7, 11) is 0. The van der Waals surface area contributed by atoms with Gasteiger partial charge in [-0.05, 0) is 36.4 Å². The molecule has 0 amide bonds. The van der Waals surface area contributed by atoms with Crippen molar-refractivity contribution >= 4 is 65.7 Å². The van der Waals surface area contributed by atoms with E-state index in [0.29, 0.717) is 5.56 Å². The zero-order chi connectivity index (χ0) is 23.1. The molecule has 5 aromatic carbocycles. The Bertz CT molecular complexity index is 2150. The molecule has 35 heavy (non-hydrogen) atoms. The fraction of sp³-hybridized carbons (Fsp3) is 0. The maximum atomic E-state index is 9.60. The van der Waals surface area contributed by atoms with Crippen LogP contribution in [0.5, 0.6) is 0 Å². The molecule has 162 valence electrons. The zero-order valence-corrected chi connectivity index (χ0v) is 18.4. The third kappa shape index (κ3) is 2.29. The summed E-state index contributed by atoms with van der Waals surface area (Å²) in [6.45, 7) is 0. The largest absolute Gasteiger partial charge is 0.455 e. The molecule has 4 heteroatoms. The van der Waals surface area contributed by atoms with Gasteiger partial charge in [-0.1, -0.05) is 60.7 Å². The van der Waals surface area contributed by atoms with Gasteiger partial charge in [0.1, 0.15) is 22.3 Å². The van der Waals surface area contributed by atoms with Gasteiger partial charge >= 0.3 is 0 Å². The van der Waals surface area contributed by atoms with Crippen LogP contribution in [0.15, 0.2) is 106 Å². The van der Waals surface area contributed by atoms with Crippen LogP contribution in [0.4, 0.5) is 0 Å². The van der Waals surface area contributed by atoms with Crippen molar-refractivity contribution < 1.29 is 8.83 Å². The summed E-state index contributed by atoms with van der Waals surface area (Å²) < 4.78 is 15.3. The normalized spacial score (nSPS) is 12.0. The molecular weight excluding hydrogens is 432 g/mol. The number of furan rings is 2. The minimum Gasteiger partial charge on any atom is -0.455 e. The average molecular weight is 448 g/mol. The molecule has 0 atom stereocenters. The van der Waals surface area contributed by atoms with Crippen molar-refractivity contribution in [2.75, 3.05) is 0 Å². The molecule has 3 aromatic heterocycles. The Morgan fingerprint density at radius 1 is 0.600 bits per heavy atom. The van der Waals surface area contributed by atoms with Crippen molar-refractivity contribution in [3.05, 3.63) is 103 Å². The fourth-order valence-corrected chi connectivity index (χ4v) is 5.59. The van der Waals surface area contributed by atoms with Crippen LogP contribution in [0, 0.1) is 11.3 Å². The van der Waals surface area contributed by atoms with Crippen molar-refractivity contribution in [1.82, 2.24) is 4.57 Å². The highest BCUT2D eigenvalue weighted by atomic mass is 16.3. The number of nitrogens with zero attached hydrogens (tertiary/aromatic N) is 2. The third-order valence-corrected chi connectivity index (χ3v) is 6.99. The van der Waals surface area contributed by atoms with Gasteiger partial charge in [-0.2, -0.15) is 5.26 Å². The Morgan fingerprint density at radius 3 is 1.91 bits per heavy atom. The lowest BCUT2D eigenvalue weighted by Crippen LogP contribution is -1.95. The van der Waals surface area contributed by atoms with Crippen LogP contribution in [0.2, 0.25) is 0 Å². The summed E-state index contributed by atoms with van der Waals surface area (Å²) >= 11 is 0. The van der Waals surface area contributed by atoms with Gasteiger partial charge in [0.2, 0.25) is 0 Å². The molecule has 8 aromatic rings. The third-order valence-electron chi connectivity index (χ3n) is 6.99. The molecule has 0 fully saturated rings. The molecular formula is C31H16N2O2. The molecule has 0 radical (unpaired) electrons. The van der Waals surface area contributed by atoms with Gasteiger partial charge in [-0.3, -0.25) is 0 Å². The maximum absolute atomic E-state index is 9.60. The monoisotopic (exact) mass is 448 g/mol. The Labute approximate surface area is 198 Å². The van der Waals surface area contributed by atoms with Gasteiger partial charge in [-0.15, -0.1) is 0 Å². The lowest BCUT2D eigenvalue weighted by atomic mass is 10.0. The minimum atomic E-state index is 0.617. The Kier molecular flexibility index (Phi) is 3.44. The van der Waals surface area contributed by atoms with E-state index in [1.807, 2.05) is 66.7 Å². The minimum absolute atomic E-state index is 0.617. The van der Waals surface area contributed by atoms with E-state index in [0.717, 1.165) is 71.4 Å². The maximum Gasteiger partial charge on any atom is 0.149 e. The second-order valence-electron chi connectivity index (χ2n) is 8.84. The summed E-state index contributed by atoms with van der Waals surface area (Å²) in [5.41, 5.74) is 6.93. The number of para-hydroxylation sites is 3. The van der Waals surface area contributed by atoms with Crippen molar-refractivity contribution in [3.8, 4) is 11.8 Å². The molecule has 0 N–H and O–H groups in total. The molecule has 0 saturated carbocycles. The van der Waals surface area contributed by atoms with Crippen LogP contribution in [0.1, 0.15) is 5.56 Å². The lowest BCUT2D eigenvalue weighted by Gasteiger charge is -2.09. The summed E-state index contributed by atoms with van der Waals surface area (Å²) in [5, 5.41) is 15.9. The van der Waals surface area contributed by atoms with E-state index < -0.39 is 0 Å². The van der Waals surface area contributed by atoms with E-state index >= 15 is 0 Å². The molecule has 4 nitrogen and oxygen atoms in total. The summed E-state index contributed by atoms with van der Waals surface area (Å²) in [4.78, 5) is 0. The average Bonchev–Trinajstić information content (AvgIpc) is 3.57. The first-order chi connectivity index (χ1) is 17.3. The van der Waals surface area contributed by atoms with Gasteiger partial charge in [-0.25, -0.2) is 0 Å². The first-order valence-electron chi connectivity index (χ1n) is 11.5. The Hall–Kier alpha value is -5.01. The molecule has 8 rings (SSSR count). The lowest BCUT2D eigenvalue weighted by molar-refractivity contribution is 0.665. The van der Waals surface area contributed by atoms with Crippen LogP contribution in [0.25, 0.3) is 71.4 Å². The highest BCUT2D eigenvalue weighted by molar-refractivity contribution is 6.37. The second-order valence-corrected chi connectivity index (χ2v) is 8.84. The molecule has 0 bridgehead atoms. The van der Waals surface area contributed by atoms with Gasteiger partial charge in [0, 0.05) is 21.8 Å². The van der Waals surface area contributed by atoms with E-state index in [2.05, 4.69) is 41.0 Å². The van der Waals surface area contributed by atoms with Gasteiger partial charge in [0.25, 0.3) is 0 Å². The van der Waals surface area contributed by atoms with Gasteiger partial charge < -0.3 is 13.4 Å². The molecule has 0 spiro atoms. The standard InChI is InChI=1S/C31H16N2O2/c32-17-18-8-7-9-19(16-18)33-23-13-4-1-10-20(23)26-29(33)27-21-11-2-5-14-24(21)34-31(27)28-22-12-3-6-15-25(22)35-30(26)28/h1-16H. The van der Waals surface area contributed by atoms with Crippen LogP contribution in [-0.4, -0.2) is 4.57 Å². The van der Waals surface area contributed by atoms with Gasteiger partial charge in [0.15, 0.2) is 0 Å². The number of hydrogen-bond acceptors (Lipinski definition) is 3. The number of fused-ring (bicyclic) bond motifs is 12. The number of nitriles is 1. The first-order valence-corrected chi connectivity index (χ1v) is 11.5. The molecule has 0 aliphatic rings. The quantitative estimate of drug-likeness (QED) is 0.253. The number of aromatic nitrogens is 1. The Morgan fingerprint density at radius 2 is 1.20 bits per heavy atom. The summed E-state index contributed by atoms with van der Waals surface area (Å²) in [5.74, 6) is 0. The van der Waals surface area contributed by atoms with E-state index in [9.17, 15) is 5.26 Å². The van der Waals surface area contributed by atoms with Crippen LogP contribution < -0.4 is 0 Å². The van der Waals surface area contributed by atoms with Gasteiger partial charge in [0.05, 0.1) is 38.8 Å². The molecule has 3 heterocycles. The zero-order valence-electron chi connectivity index (χ0n) is 18.4. The molecule has 0 aliphatic carbocycles. The second kappa shape index (κ2) is 6.53. The summed E-state index contributed by atoms with van der Waals surface area (Å²) in [6.07, 6.45) is 0. The summed E-state index contributed by atoms with van der Waals surface area (Å²) in [6, 6.07) is 34.7. The van der Waals surface area contributed by atoms with E-state index in [-0.39, 0.29) is 0 Å². The van der Waals surface area contributed by atoms with Crippen molar-refractivity contribution in [1.29, 1.82) is 5.26 Å². The van der Waals surface area contributed by atoms with Crippen molar-refractivity contribution in [2.24, 2.45) is 0 Å². The fourth-order valence-electron chi connectivity index (χ4n) is 5.59. The topological polar surface area (TPSA) is 55.0 Å². The highest BCUT2D eigenvalue weighted by Crippen LogP contribution is 2.48. The molecule has 0 unspecified atom stereocenters. The molecule has 0 saturated heterocycles. The van der Waals surface area contributed by atoms with E-state index in [1.54, 1.807) is 0 Å². The Balaban J connectivity index is 1.77. The van der Waals surface area contributed by atoms with E-state index in [1.165, 1.54) is 0 Å². The van der Waals surface area contributed by atoms with Crippen LogP contribution in [-0.2, 0) is 0 Å². The SMILES string of the molecule is N#Cc1cccc(-n2c3ccccc3c3c4oc5ccccc5c4c4oc5ccccc5c4c32)c1. The van der Waals surface area contributed by atoms with Crippen molar-refractivity contribution in [3.63, 3.8) is 0 Å².